The SMILES string of the molecule is Fc1cc(Br)ccc1-c1cccc(OCc2ccccc2)c1. The van der Waals surface area contributed by atoms with Gasteiger partial charge in [0.25, 0.3) is 0 Å². The molecule has 0 saturated carbocycles. The van der Waals surface area contributed by atoms with Gasteiger partial charge in [0.2, 0.25) is 0 Å². The van der Waals surface area contributed by atoms with E-state index in [-0.39, 0.29) is 5.82 Å². The Morgan fingerprint density at radius 3 is 2.45 bits per heavy atom. The molecule has 3 heteroatoms. The van der Waals surface area contributed by atoms with E-state index < -0.39 is 0 Å². The number of benzene rings is 3. The molecule has 110 valence electrons. The van der Waals surface area contributed by atoms with Crippen LogP contribution in [0.5, 0.6) is 5.75 Å². The van der Waals surface area contributed by atoms with E-state index in [0.717, 1.165) is 21.3 Å². The Labute approximate surface area is 137 Å². The van der Waals surface area contributed by atoms with Gasteiger partial charge in [0.1, 0.15) is 18.2 Å². The number of hydrogen-bond donors (Lipinski definition) is 0. The van der Waals surface area contributed by atoms with Gasteiger partial charge in [-0.15, -0.1) is 0 Å². The van der Waals surface area contributed by atoms with Crippen LogP contribution in [0.4, 0.5) is 4.39 Å². The molecular weight excluding hydrogens is 343 g/mol. The number of halogens is 2. The molecule has 0 saturated heterocycles. The summed E-state index contributed by atoms with van der Waals surface area (Å²) in [6.07, 6.45) is 0. The Hall–Kier alpha value is -2.13. The number of ether oxygens (including phenoxy) is 1. The van der Waals surface area contributed by atoms with Crippen LogP contribution < -0.4 is 4.74 Å². The fourth-order valence-corrected chi connectivity index (χ4v) is 2.55. The van der Waals surface area contributed by atoms with Crippen molar-refractivity contribution in [1.29, 1.82) is 0 Å². The first-order valence-electron chi connectivity index (χ1n) is 6.94. The molecule has 0 aromatic heterocycles. The lowest BCUT2D eigenvalue weighted by Gasteiger charge is -2.09. The molecule has 0 aliphatic rings. The van der Waals surface area contributed by atoms with Crippen molar-refractivity contribution < 1.29 is 9.13 Å². The molecule has 0 radical (unpaired) electrons. The number of hydrogen-bond acceptors (Lipinski definition) is 1. The van der Waals surface area contributed by atoms with E-state index >= 15 is 0 Å². The fourth-order valence-electron chi connectivity index (χ4n) is 2.22. The third-order valence-electron chi connectivity index (χ3n) is 3.32. The van der Waals surface area contributed by atoms with E-state index in [1.165, 1.54) is 6.07 Å². The summed E-state index contributed by atoms with van der Waals surface area (Å²) in [5.74, 6) is 0.471. The highest BCUT2D eigenvalue weighted by Crippen LogP contribution is 2.28. The van der Waals surface area contributed by atoms with E-state index in [2.05, 4.69) is 15.9 Å². The highest BCUT2D eigenvalue weighted by atomic mass is 79.9. The zero-order valence-corrected chi connectivity index (χ0v) is 13.4. The van der Waals surface area contributed by atoms with Crippen molar-refractivity contribution >= 4 is 15.9 Å². The van der Waals surface area contributed by atoms with Gasteiger partial charge >= 0.3 is 0 Å². The third-order valence-corrected chi connectivity index (χ3v) is 3.82. The van der Waals surface area contributed by atoms with Crippen LogP contribution in [0.15, 0.2) is 77.3 Å². The summed E-state index contributed by atoms with van der Waals surface area (Å²) in [4.78, 5) is 0. The standard InChI is InChI=1S/C19H14BrFO/c20-16-9-10-18(19(21)12-16)15-7-4-8-17(11-15)22-13-14-5-2-1-3-6-14/h1-12H,13H2. The monoisotopic (exact) mass is 356 g/mol. The maximum absolute atomic E-state index is 14.0. The molecule has 0 spiro atoms. The minimum Gasteiger partial charge on any atom is -0.489 e. The second-order valence-corrected chi connectivity index (χ2v) is 5.84. The van der Waals surface area contributed by atoms with E-state index in [4.69, 9.17) is 4.74 Å². The Kier molecular flexibility index (Phi) is 4.54. The van der Waals surface area contributed by atoms with E-state index in [0.29, 0.717) is 12.2 Å². The molecule has 0 aliphatic heterocycles. The van der Waals surface area contributed by atoms with E-state index in [1.807, 2.05) is 60.7 Å². The minimum atomic E-state index is -0.255. The molecule has 0 aliphatic carbocycles. The summed E-state index contributed by atoms with van der Waals surface area (Å²) >= 11 is 3.27. The second-order valence-electron chi connectivity index (χ2n) is 4.93. The first-order chi connectivity index (χ1) is 10.7. The summed E-state index contributed by atoms with van der Waals surface area (Å²) < 4.78 is 20.6. The smallest absolute Gasteiger partial charge is 0.132 e. The van der Waals surface area contributed by atoms with Crippen LogP contribution in [0.3, 0.4) is 0 Å². The second kappa shape index (κ2) is 6.75. The largest absolute Gasteiger partial charge is 0.489 e. The molecule has 22 heavy (non-hydrogen) atoms. The summed E-state index contributed by atoms with van der Waals surface area (Å²) in [7, 11) is 0. The van der Waals surface area contributed by atoms with Crippen LogP contribution in [0, 0.1) is 5.82 Å². The third kappa shape index (κ3) is 3.55. The van der Waals surface area contributed by atoms with Crippen molar-refractivity contribution in [3.05, 3.63) is 88.6 Å². The Morgan fingerprint density at radius 2 is 1.68 bits per heavy atom. The summed E-state index contributed by atoms with van der Waals surface area (Å²) in [5, 5.41) is 0. The van der Waals surface area contributed by atoms with Crippen LogP contribution in [0.1, 0.15) is 5.56 Å². The van der Waals surface area contributed by atoms with Crippen molar-refractivity contribution in [1.82, 2.24) is 0 Å². The van der Waals surface area contributed by atoms with E-state index in [9.17, 15) is 4.39 Å². The average molecular weight is 357 g/mol. The van der Waals surface area contributed by atoms with Gasteiger partial charge in [0, 0.05) is 10.0 Å². The molecule has 0 bridgehead atoms. The molecule has 0 N–H and O–H groups in total. The molecule has 3 aromatic rings. The van der Waals surface area contributed by atoms with Gasteiger partial charge in [-0.3, -0.25) is 0 Å². The maximum Gasteiger partial charge on any atom is 0.132 e. The Morgan fingerprint density at radius 1 is 0.864 bits per heavy atom. The van der Waals surface area contributed by atoms with Crippen molar-refractivity contribution in [2.24, 2.45) is 0 Å². The molecule has 1 nitrogen and oxygen atoms in total. The molecule has 3 rings (SSSR count). The van der Waals surface area contributed by atoms with Crippen molar-refractivity contribution in [2.75, 3.05) is 0 Å². The van der Waals surface area contributed by atoms with Gasteiger partial charge in [-0.1, -0.05) is 64.5 Å². The predicted molar refractivity (Wildman–Crippen MR) is 90.3 cm³/mol. The van der Waals surface area contributed by atoms with Crippen molar-refractivity contribution in [3.8, 4) is 16.9 Å². The highest BCUT2D eigenvalue weighted by molar-refractivity contribution is 9.10. The van der Waals surface area contributed by atoms with Crippen LogP contribution in [-0.4, -0.2) is 0 Å². The van der Waals surface area contributed by atoms with E-state index in [1.54, 1.807) is 6.07 Å². The minimum absolute atomic E-state index is 0.255. The molecule has 3 aromatic carbocycles. The molecule has 0 unspecified atom stereocenters. The predicted octanol–water partition coefficient (Wildman–Crippen LogP) is 5.83. The highest BCUT2D eigenvalue weighted by Gasteiger charge is 2.06. The first kappa shape index (κ1) is 14.8. The van der Waals surface area contributed by atoms with Gasteiger partial charge in [0.15, 0.2) is 0 Å². The maximum atomic E-state index is 14.0. The lowest BCUT2D eigenvalue weighted by atomic mass is 10.1. The van der Waals surface area contributed by atoms with Gasteiger partial charge in [-0.2, -0.15) is 0 Å². The average Bonchev–Trinajstić information content (AvgIpc) is 2.54. The molecule has 0 amide bonds. The zero-order valence-electron chi connectivity index (χ0n) is 11.8. The summed E-state index contributed by atoms with van der Waals surface area (Å²) in [6, 6.07) is 22.5. The Balaban J connectivity index is 1.80. The van der Waals surface area contributed by atoms with Gasteiger partial charge in [-0.05, 0) is 35.4 Å². The zero-order chi connectivity index (χ0) is 15.4. The van der Waals surface area contributed by atoms with Crippen molar-refractivity contribution in [3.63, 3.8) is 0 Å². The van der Waals surface area contributed by atoms with Gasteiger partial charge in [0.05, 0.1) is 0 Å². The fraction of sp³-hybridized carbons (Fsp3) is 0.0526. The van der Waals surface area contributed by atoms with Crippen LogP contribution in [0.25, 0.3) is 11.1 Å². The quantitative estimate of drug-likeness (QED) is 0.570. The molecule has 0 fully saturated rings. The lowest BCUT2D eigenvalue weighted by molar-refractivity contribution is 0.306. The molecule has 0 heterocycles. The van der Waals surface area contributed by atoms with Crippen LogP contribution >= 0.6 is 15.9 Å². The normalized spacial score (nSPS) is 10.5. The van der Waals surface area contributed by atoms with Crippen molar-refractivity contribution in [2.45, 2.75) is 6.61 Å². The molecule has 0 atom stereocenters. The lowest BCUT2D eigenvalue weighted by Crippen LogP contribution is -1.95. The van der Waals surface area contributed by atoms with Crippen LogP contribution in [-0.2, 0) is 6.61 Å². The molecular formula is C19H14BrFO. The topological polar surface area (TPSA) is 9.23 Å². The summed E-state index contributed by atoms with van der Waals surface area (Å²) in [5.41, 5.74) is 2.46. The Bertz CT molecular complexity index is 771. The van der Waals surface area contributed by atoms with Gasteiger partial charge in [-0.25, -0.2) is 4.39 Å². The van der Waals surface area contributed by atoms with Gasteiger partial charge < -0.3 is 4.74 Å². The number of rotatable bonds is 4. The van der Waals surface area contributed by atoms with Crippen LogP contribution in [0.2, 0.25) is 0 Å². The summed E-state index contributed by atoms with van der Waals surface area (Å²) in [6.45, 7) is 0.493. The first-order valence-corrected chi connectivity index (χ1v) is 7.74.